The monoisotopic (exact) mass is 332 g/mol. The van der Waals surface area contributed by atoms with Crippen molar-refractivity contribution in [1.82, 2.24) is 10.4 Å². The first kappa shape index (κ1) is 20.2. The van der Waals surface area contributed by atoms with E-state index in [0.29, 0.717) is 17.9 Å². The van der Waals surface area contributed by atoms with Gasteiger partial charge in [-0.1, -0.05) is 39.3 Å². The molecule has 0 saturated carbocycles. The van der Waals surface area contributed by atoms with Gasteiger partial charge in [0.1, 0.15) is 0 Å². The van der Waals surface area contributed by atoms with Gasteiger partial charge in [0, 0.05) is 12.0 Å². The number of hydrogen-bond donors (Lipinski definition) is 1. The van der Waals surface area contributed by atoms with E-state index >= 15 is 0 Å². The van der Waals surface area contributed by atoms with Crippen molar-refractivity contribution in [2.75, 3.05) is 0 Å². The van der Waals surface area contributed by atoms with Crippen LogP contribution in [0.2, 0.25) is 0 Å². The van der Waals surface area contributed by atoms with Gasteiger partial charge in [-0.25, -0.2) is 5.01 Å². The highest BCUT2D eigenvalue weighted by molar-refractivity contribution is 5.95. The predicted octanol–water partition coefficient (Wildman–Crippen LogP) is 4.35. The third-order valence-electron chi connectivity index (χ3n) is 3.93. The molecule has 0 aliphatic carbocycles. The van der Waals surface area contributed by atoms with Gasteiger partial charge in [0.05, 0.1) is 5.54 Å². The molecule has 0 fully saturated rings. The summed E-state index contributed by atoms with van der Waals surface area (Å²) in [6.45, 7) is 12.1. The van der Waals surface area contributed by atoms with Crippen LogP contribution >= 0.6 is 0 Å². The number of carbonyl (C=O) groups excluding carboxylic acids is 2. The molecule has 134 valence electrons. The molecule has 1 rings (SSSR count). The van der Waals surface area contributed by atoms with E-state index in [4.69, 9.17) is 0 Å². The van der Waals surface area contributed by atoms with Crippen LogP contribution in [-0.2, 0) is 11.2 Å². The number of carbonyl (C=O) groups is 2. The van der Waals surface area contributed by atoms with Crippen LogP contribution < -0.4 is 5.43 Å². The van der Waals surface area contributed by atoms with Crippen molar-refractivity contribution < 1.29 is 9.59 Å². The first-order valence-corrected chi connectivity index (χ1v) is 8.88. The Morgan fingerprint density at radius 2 is 1.71 bits per heavy atom. The quantitative estimate of drug-likeness (QED) is 0.788. The summed E-state index contributed by atoms with van der Waals surface area (Å²) in [5.41, 5.74) is 4.08. The molecule has 4 heteroatoms. The number of hydrazine groups is 1. The number of nitrogens with one attached hydrogen (secondary N) is 1. The molecule has 2 amide bonds. The molecule has 0 radical (unpaired) electrons. The van der Waals surface area contributed by atoms with Gasteiger partial charge in [0.2, 0.25) is 5.91 Å². The molecule has 0 spiro atoms. The van der Waals surface area contributed by atoms with Crippen LogP contribution in [0.15, 0.2) is 24.3 Å². The molecule has 0 aromatic heterocycles. The van der Waals surface area contributed by atoms with Gasteiger partial charge in [-0.05, 0) is 57.2 Å². The number of aryl methyl sites for hydroxylation is 1. The molecule has 4 nitrogen and oxygen atoms in total. The predicted molar refractivity (Wildman–Crippen MR) is 98.6 cm³/mol. The smallest absolute Gasteiger partial charge is 0.269 e. The minimum Gasteiger partial charge on any atom is -0.273 e. The van der Waals surface area contributed by atoms with Crippen LogP contribution in [0.1, 0.15) is 76.7 Å². The zero-order valence-corrected chi connectivity index (χ0v) is 16.0. The lowest BCUT2D eigenvalue weighted by Crippen LogP contribution is -2.55. The molecule has 0 saturated heterocycles. The molecule has 1 aromatic rings. The largest absolute Gasteiger partial charge is 0.273 e. The van der Waals surface area contributed by atoms with E-state index in [2.05, 4.69) is 26.2 Å². The number of rotatable bonds is 6. The van der Waals surface area contributed by atoms with Crippen LogP contribution in [0.25, 0.3) is 0 Å². The van der Waals surface area contributed by atoms with Crippen molar-refractivity contribution in [3.63, 3.8) is 0 Å². The Balaban J connectivity index is 2.77. The number of hydrogen-bond acceptors (Lipinski definition) is 2. The van der Waals surface area contributed by atoms with E-state index in [0.717, 1.165) is 19.3 Å². The Morgan fingerprint density at radius 3 is 2.17 bits per heavy atom. The van der Waals surface area contributed by atoms with E-state index in [1.54, 1.807) is 12.1 Å². The normalized spacial score (nSPS) is 11.5. The second-order valence-corrected chi connectivity index (χ2v) is 7.68. The van der Waals surface area contributed by atoms with E-state index in [1.165, 1.54) is 10.6 Å². The zero-order valence-electron chi connectivity index (χ0n) is 16.0. The molecule has 0 aliphatic heterocycles. The summed E-state index contributed by atoms with van der Waals surface area (Å²) < 4.78 is 0. The first-order valence-electron chi connectivity index (χ1n) is 8.88. The zero-order chi connectivity index (χ0) is 18.3. The van der Waals surface area contributed by atoms with E-state index in [9.17, 15) is 9.59 Å². The Bertz CT molecular complexity index is 542. The Hall–Kier alpha value is -1.84. The topological polar surface area (TPSA) is 49.4 Å². The van der Waals surface area contributed by atoms with Crippen molar-refractivity contribution in [3.05, 3.63) is 35.4 Å². The highest BCUT2D eigenvalue weighted by Gasteiger charge is 2.28. The maximum atomic E-state index is 12.5. The standard InChI is InChI=1S/C20H32N2O2/c1-7-16-11-13-17(14-12-16)19(24)21-22(20(4,5)6)18(23)10-8-9-15(2)3/h11-15H,7-10H2,1-6H3,(H,21,24). The lowest BCUT2D eigenvalue weighted by molar-refractivity contribution is -0.139. The van der Waals surface area contributed by atoms with Crippen molar-refractivity contribution >= 4 is 11.8 Å². The van der Waals surface area contributed by atoms with Crippen molar-refractivity contribution in [2.45, 2.75) is 72.8 Å². The Kier molecular flexibility index (Phi) is 7.46. The molecule has 0 unspecified atom stereocenters. The number of amides is 2. The lowest BCUT2D eigenvalue weighted by Gasteiger charge is -2.35. The molecule has 1 N–H and O–H groups in total. The van der Waals surface area contributed by atoms with Gasteiger partial charge >= 0.3 is 0 Å². The van der Waals surface area contributed by atoms with Gasteiger partial charge in [0.15, 0.2) is 0 Å². The fraction of sp³-hybridized carbons (Fsp3) is 0.600. The average molecular weight is 332 g/mol. The molecule has 0 aliphatic rings. The van der Waals surface area contributed by atoms with Gasteiger partial charge in [-0.2, -0.15) is 0 Å². The maximum absolute atomic E-state index is 12.5. The SMILES string of the molecule is CCc1ccc(C(=O)NN(C(=O)CCCC(C)C)C(C)(C)C)cc1. The maximum Gasteiger partial charge on any atom is 0.269 e. The van der Waals surface area contributed by atoms with Crippen LogP contribution in [0.3, 0.4) is 0 Å². The second kappa shape index (κ2) is 8.86. The summed E-state index contributed by atoms with van der Waals surface area (Å²) in [6.07, 6.45) is 3.23. The molecular formula is C20H32N2O2. The highest BCUT2D eigenvalue weighted by Crippen LogP contribution is 2.16. The molecule has 1 aromatic carbocycles. The molecule has 0 bridgehead atoms. The fourth-order valence-electron chi connectivity index (χ4n) is 2.44. The summed E-state index contributed by atoms with van der Waals surface area (Å²) >= 11 is 0. The van der Waals surface area contributed by atoms with Crippen molar-refractivity contribution in [1.29, 1.82) is 0 Å². The highest BCUT2D eigenvalue weighted by atomic mass is 16.2. The Morgan fingerprint density at radius 1 is 1.12 bits per heavy atom. The van der Waals surface area contributed by atoms with Gasteiger partial charge in [-0.3, -0.25) is 15.0 Å². The van der Waals surface area contributed by atoms with Crippen molar-refractivity contribution in [2.24, 2.45) is 5.92 Å². The van der Waals surface area contributed by atoms with Crippen LogP contribution in [0.5, 0.6) is 0 Å². The first-order chi connectivity index (χ1) is 11.1. The van der Waals surface area contributed by atoms with E-state index < -0.39 is 5.54 Å². The summed E-state index contributed by atoms with van der Waals surface area (Å²) in [4.78, 5) is 25.0. The number of nitrogens with zero attached hydrogens (tertiary/aromatic N) is 1. The lowest BCUT2D eigenvalue weighted by atomic mass is 10.0. The minimum atomic E-state index is -0.464. The molecule has 0 atom stereocenters. The third-order valence-corrected chi connectivity index (χ3v) is 3.93. The van der Waals surface area contributed by atoms with Crippen molar-refractivity contribution in [3.8, 4) is 0 Å². The van der Waals surface area contributed by atoms with Crippen LogP contribution in [-0.4, -0.2) is 22.4 Å². The molecular weight excluding hydrogens is 300 g/mol. The van der Waals surface area contributed by atoms with Gasteiger partial charge in [0.25, 0.3) is 5.91 Å². The summed E-state index contributed by atoms with van der Waals surface area (Å²) in [6, 6.07) is 7.50. The van der Waals surface area contributed by atoms with Crippen LogP contribution in [0.4, 0.5) is 0 Å². The van der Waals surface area contributed by atoms with Gasteiger partial charge < -0.3 is 0 Å². The summed E-state index contributed by atoms with van der Waals surface area (Å²) in [5, 5.41) is 1.48. The average Bonchev–Trinajstić information content (AvgIpc) is 2.50. The van der Waals surface area contributed by atoms with E-state index in [1.807, 2.05) is 32.9 Å². The minimum absolute atomic E-state index is 0.0401. The molecule has 0 heterocycles. The fourth-order valence-corrected chi connectivity index (χ4v) is 2.44. The molecule has 24 heavy (non-hydrogen) atoms. The van der Waals surface area contributed by atoms with Gasteiger partial charge in [-0.15, -0.1) is 0 Å². The summed E-state index contributed by atoms with van der Waals surface area (Å²) in [5.74, 6) is 0.291. The van der Waals surface area contributed by atoms with E-state index in [-0.39, 0.29) is 11.8 Å². The third kappa shape index (κ3) is 6.34. The number of benzene rings is 1. The Labute approximate surface area is 146 Å². The summed E-state index contributed by atoms with van der Waals surface area (Å²) in [7, 11) is 0. The van der Waals surface area contributed by atoms with Crippen LogP contribution in [0, 0.1) is 5.92 Å². The second-order valence-electron chi connectivity index (χ2n) is 7.68.